The average Bonchev–Trinajstić information content (AvgIpc) is 2.17. The van der Waals surface area contributed by atoms with Crippen LogP contribution in [0.2, 0.25) is 0 Å². The van der Waals surface area contributed by atoms with E-state index in [0.29, 0.717) is 5.56 Å². The predicted molar refractivity (Wildman–Crippen MR) is 53.5 cm³/mol. The molecule has 0 bridgehead atoms. The fraction of sp³-hybridized carbons (Fsp3) is 0.222. The van der Waals surface area contributed by atoms with Crippen molar-refractivity contribution in [1.82, 2.24) is 0 Å². The zero-order valence-corrected chi connectivity index (χ0v) is 8.08. The van der Waals surface area contributed by atoms with Gasteiger partial charge in [-0.25, -0.2) is 0 Å². The van der Waals surface area contributed by atoms with E-state index in [9.17, 15) is 15.2 Å². The molecule has 0 fully saturated rings. The maximum Gasteiger partial charge on any atom is 0.249 e. The van der Waals surface area contributed by atoms with Crippen molar-refractivity contribution < 1.29 is 14.9 Å². The number of phenolic OH excluding ortho intramolecular Hbond substituents is 1. The Kier molecular flexibility index (Phi) is 3.61. The Morgan fingerprint density at radius 1 is 1.60 bits per heavy atom. The summed E-state index contributed by atoms with van der Waals surface area (Å²) >= 11 is 0. The lowest BCUT2D eigenvalue weighted by molar-refractivity contribution is -0.463. The van der Waals surface area contributed by atoms with Crippen LogP contribution in [-0.2, 0) is 4.84 Å². The maximum absolute atomic E-state index is 10.4. The molecule has 6 heteroatoms. The first kappa shape index (κ1) is 11.0. The van der Waals surface area contributed by atoms with E-state index >= 15 is 0 Å². The smallest absolute Gasteiger partial charge is 0.249 e. The van der Waals surface area contributed by atoms with E-state index in [2.05, 4.69) is 9.99 Å². The molecule has 1 N–H and O–H groups in total. The van der Waals surface area contributed by atoms with E-state index in [1.165, 1.54) is 19.2 Å². The van der Waals surface area contributed by atoms with Gasteiger partial charge in [0.2, 0.25) is 6.54 Å². The van der Waals surface area contributed by atoms with Gasteiger partial charge in [0.05, 0.1) is 0 Å². The number of hydrogen-bond donors (Lipinski definition) is 1. The minimum absolute atomic E-state index is 0.0600. The summed E-state index contributed by atoms with van der Waals surface area (Å²) in [4.78, 5) is 14.3. The monoisotopic (exact) mass is 210 g/mol. The summed E-state index contributed by atoms with van der Waals surface area (Å²) in [5.41, 5.74) is 0.386. The highest BCUT2D eigenvalue weighted by atomic mass is 16.6. The van der Waals surface area contributed by atoms with Crippen LogP contribution in [0.25, 0.3) is 0 Å². The standard InChI is InChI=1S/C9H10N2O4/c1-15-10-8(6-11(13)14)7-4-2-3-5-9(7)12/h2-5,12H,6H2,1H3. The van der Waals surface area contributed by atoms with Gasteiger partial charge in [-0.3, -0.25) is 10.1 Å². The highest BCUT2D eigenvalue weighted by Gasteiger charge is 2.14. The number of phenols is 1. The Bertz CT molecular complexity index is 389. The van der Waals surface area contributed by atoms with Gasteiger partial charge in [-0.15, -0.1) is 0 Å². The van der Waals surface area contributed by atoms with Crippen LogP contribution >= 0.6 is 0 Å². The van der Waals surface area contributed by atoms with E-state index in [1.807, 2.05) is 0 Å². The second-order valence-corrected chi connectivity index (χ2v) is 2.73. The van der Waals surface area contributed by atoms with Crippen LogP contribution in [0.5, 0.6) is 5.75 Å². The molecule has 1 rings (SSSR count). The molecular weight excluding hydrogens is 200 g/mol. The van der Waals surface area contributed by atoms with Crippen molar-refractivity contribution >= 4 is 5.71 Å². The molecule has 1 aromatic rings. The Labute approximate surface area is 85.9 Å². The summed E-state index contributed by atoms with van der Waals surface area (Å²) in [5, 5.41) is 23.3. The SMILES string of the molecule is CON=C(C[N+](=O)[O-])c1ccccc1O. The molecule has 0 amide bonds. The second-order valence-electron chi connectivity index (χ2n) is 2.73. The van der Waals surface area contributed by atoms with Crippen molar-refractivity contribution in [2.45, 2.75) is 0 Å². The van der Waals surface area contributed by atoms with Crippen LogP contribution in [0, 0.1) is 10.1 Å². The van der Waals surface area contributed by atoms with Crippen LogP contribution < -0.4 is 0 Å². The number of para-hydroxylation sites is 1. The summed E-state index contributed by atoms with van der Waals surface area (Å²) in [6, 6.07) is 6.24. The lowest BCUT2D eigenvalue weighted by Crippen LogP contribution is -2.15. The van der Waals surface area contributed by atoms with Crippen molar-refractivity contribution in [3.05, 3.63) is 39.9 Å². The van der Waals surface area contributed by atoms with Gasteiger partial charge in [-0.1, -0.05) is 17.3 Å². The highest BCUT2D eigenvalue weighted by molar-refractivity contribution is 6.03. The molecule has 0 radical (unpaired) electrons. The molecule has 15 heavy (non-hydrogen) atoms. The molecule has 0 saturated carbocycles. The van der Waals surface area contributed by atoms with Gasteiger partial charge in [-0.2, -0.15) is 0 Å². The lowest BCUT2D eigenvalue weighted by atomic mass is 10.1. The number of nitrogens with zero attached hydrogens (tertiary/aromatic N) is 2. The van der Waals surface area contributed by atoms with Crippen LogP contribution in [0.4, 0.5) is 0 Å². The molecule has 0 spiro atoms. The maximum atomic E-state index is 10.4. The topological polar surface area (TPSA) is 85.0 Å². The minimum atomic E-state index is -0.537. The normalized spacial score (nSPS) is 11.1. The van der Waals surface area contributed by atoms with E-state index in [0.717, 1.165) is 0 Å². The molecule has 0 aliphatic heterocycles. The van der Waals surface area contributed by atoms with E-state index in [1.54, 1.807) is 12.1 Å². The summed E-state index contributed by atoms with van der Waals surface area (Å²) in [6.45, 7) is -0.495. The number of nitro groups is 1. The number of rotatable bonds is 4. The summed E-state index contributed by atoms with van der Waals surface area (Å²) < 4.78 is 0. The fourth-order valence-electron chi connectivity index (χ4n) is 1.11. The van der Waals surface area contributed by atoms with E-state index < -0.39 is 11.5 Å². The molecule has 0 atom stereocenters. The lowest BCUT2D eigenvalue weighted by Gasteiger charge is -2.03. The van der Waals surface area contributed by atoms with Gasteiger partial charge in [0, 0.05) is 10.5 Å². The third-order valence-corrected chi connectivity index (χ3v) is 1.70. The van der Waals surface area contributed by atoms with Gasteiger partial charge in [-0.05, 0) is 12.1 Å². The summed E-state index contributed by atoms with van der Waals surface area (Å²) in [7, 11) is 1.29. The number of oxime groups is 1. The molecular formula is C9H10N2O4. The van der Waals surface area contributed by atoms with Gasteiger partial charge < -0.3 is 9.94 Å². The quantitative estimate of drug-likeness (QED) is 0.456. The van der Waals surface area contributed by atoms with Crippen molar-refractivity contribution in [2.24, 2.45) is 5.16 Å². The Morgan fingerprint density at radius 3 is 2.80 bits per heavy atom. The number of benzene rings is 1. The molecule has 0 aromatic heterocycles. The summed E-state index contributed by atoms with van der Waals surface area (Å²) in [6.07, 6.45) is 0. The zero-order valence-electron chi connectivity index (χ0n) is 8.08. The molecule has 6 nitrogen and oxygen atoms in total. The van der Waals surface area contributed by atoms with Crippen LogP contribution in [-0.4, -0.2) is 29.4 Å². The van der Waals surface area contributed by atoms with Crippen LogP contribution in [0.1, 0.15) is 5.56 Å². The first-order valence-corrected chi connectivity index (χ1v) is 4.15. The first-order valence-electron chi connectivity index (χ1n) is 4.15. The molecule has 0 aliphatic carbocycles. The molecule has 1 aromatic carbocycles. The van der Waals surface area contributed by atoms with Gasteiger partial charge >= 0.3 is 0 Å². The zero-order chi connectivity index (χ0) is 11.3. The summed E-state index contributed by atoms with van der Waals surface area (Å²) in [5.74, 6) is -0.0600. The average molecular weight is 210 g/mol. The Balaban J connectivity index is 3.05. The molecule has 0 unspecified atom stereocenters. The number of aromatic hydroxyl groups is 1. The van der Waals surface area contributed by atoms with Crippen molar-refractivity contribution in [1.29, 1.82) is 0 Å². The van der Waals surface area contributed by atoms with Gasteiger partial charge in [0.1, 0.15) is 12.9 Å². The predicted octanol–water partition coefficient (Wildman–Crippen LogP) is 1.02. The molecule has 0 aliphatic rings. The second kappa shape index (κ2) is 4.94. The van der Waals surface area contributed by atoms with Crippen molar-refractivity contribution in [2.75, 3.05) is 13.7 Å². The fourth-order valence-corrected chi connectivity index (χ4v) is 1.11. The Morgan fingerprint density at radius 2 is 2.27 bits per heavy atom. The molecule has 0 heterocycles. The van der Waals surface area contributed by atoms with Gasteiger partial charge in [0.15, 0.2) is 5.71 Å². The minimum Gasteiger partial charge on any atom is -0.507 e. The largest absolute Gasteiger partial charge is 0.507 e. The van der Waals surface area contributed by atoms with Crippen molar-refractivity contribution in [3.63, 3.8) is 0 Å². The highest BCUT2D eigenvalue weighted by Crippen LogP contribution is 2.16. The molecule has 0 saturated heterocycles. The first-order chi connectivity index (χ1) is 7.15. The van der Waals surface area contributed by atoms with Crippen LogP contribution in [0.3, 0.4) is 0 Å². The third kappa shape index (κ3) is 2.94. The van der Waals surface area contributed by atoms with E-state index in [4.69, 9.17) is 0 Å². The van der Waals surface area contributed by atoms with E-state index in [-0.39, 0.29) is 11.5 Å². The molecule has 80 valence electrons. The third-order valence-electron chi connectivity index (χ3n) is 1.70. The van der Waals surface area contributed by atoms with Crippen LogP contribution in [0.15, 0.2) is 29.4 Å². The van der Waals surface area contributed by atoms with Gasteiger partial charge in [0.25, 0.3) is 0 Å². The Hall–Kier alpha value is -2.11. The van der Waals surface area contributed by atoms with Crippen molar-refractivity contribution in [3.8, 4) is 5.75 Å². The number of hydrogen-bond acceptors (Lipinski definition) is 5.